The van der Waals surface area contributed by atoms with Crippen molar-refractivity contribution in [3.05, 3.63) is 64.1 Å². The van der Waals surface area contributed by atoms with Crippen molar-refractivity contribution in [3.63, 3.8) is 0 Å². The van der Waals surface area contributed by atoms with Crippen molar-refractivity contribution in [3.8, 4) is 5.75 Å². The van der Waals surface area contributed by atoms with Gasteiger partial charge in [-0.3, -0.25) is 4.79 Å². The van der Waals surface area contributed by atoms with Crippen molar-refractivity contribution < 1.29 is 4.74 Å². The predicted molar refractivity (Wildman–Crippen MR) is 82.5 cm³/mol. The van der Waals surface area contributed by atoms with E-state index in [1.165, 1.54) is 11.1 Å². The van der Waals surface area contributed by atoms with Crippen LogP contribution in [-0.4, -0.2) is 11.2 Å². The summed E-state index contributed by atoms with van der Waals surface area (Å²) >= 11 is 0. The zero-order chi connectivity index (χ0) is 14.7. The Labute approximate surface area is 124 Å². The van der Waals surface area contributed by atoms with Gasteiger partial charge in [-0.2, -0.15) is 0 Å². The van der Waals surface area contributed by atoms with Crippen molar-refractivity contribution in [1.82, 2.24) is 4.57 Å². The maximum atomic E-state index is 11.6. The third kappa shape index (κ3) is 3.16. The van der Waals surface area contributed by atoms with Crippen LogP contribution in [0.4, 0.5) is 0 Å². The highest BCUT2D eigenvalue weighted by Crippen LogP contribution is 2.30. The molecule has 1 aliphatic carbocycles. The van der Waals surface area contributed by atoms with Gasteiger partial charge in [0.25, 0.3) is 5.56 Å². The van der Waals surface area contributed by atoms with Crippen molar-refractivity contribution in [2.75, 3.05) is 6.61 Å². The molecule has 21 heavy (non-hydrogen) atoms. The molecule has 0 spiro atoms. The molecular formula is C17H20N2O2. The zero-order valence-electron chi connectivity index (χ0n) is 12.0. The second-order valence-corrected chi connectivity index (χ2v) is 5.44. The molecule has 0 unspecified atom stereocenters. The van der Waals surface area contributed by atoms with Crippen LogP contribution >= 0.6 is 0 Å². The molecule has 0 radical (unpaired) electrons. The smallest absolute Gasteiger partial charge is 0.250 e. The summed E-state index contributed by atoms with van der Waals surface area (Å²) in [6.07, 6.45) is 5.07. The Morgan fingerprint density at radius 1 is 1.29 bits per heavy atom. The Hall–Kier alpha value is -2.07. The van der Waals surface area contributed by atoms with Crippen LogP contribution in [0.3, 0.4) is 0 Å². The fraction of sp³-hybridized carbons (Fsp3) is 0.353. The minimum atomic E-state index is -0.00596. The molecule has 0 amide bonds. The number of aryl methyl sites for hydroxylation is 1. The summed E-state index contributed by atoms with van der Waals surface area (Å²) in [6, 6.07) is 11.4. The summed E-state index contributed by atoms with van der Waals surface area (Å²) in [4.78, 5) is 11.6. The average Bonchev–Trinajstić information content (AvgIpc) is 2.50. The summed E-state index contributed by atoms with van der Waals surface area (Å²) in [5.41, 5.74) is 8.69. The van der Waals surface area contributed by atoms with Crippen molar-refractivity contribution in [2.45, 2.75) is 31.8 Å². The highest BCUT2D eigenvalue weighted by Gasteiger charge is 2.17. The minimum absolute atomic E-state index is 0.00596. The van der Waals surface area contributed by atoms with Gasteiger partial charge in [0.1, 0.15) is 12.4 Å². The fourth-order valence-corrected chi connectivity index (χ4v) is 2.81. The molecular weight excluding hydrogens is 264 g/mol. The average molecular weight is 284 g/mol. The molecule has 2 N–H and O–H groups in total. The summed E-state index contributed by atoms with van der Waals surface area (Å²) in [6.45, 7) is 1.01. The minimum Gasteiger partial charge on any atom is -0.492 e. The number of pyridine rings is 1. The number of ether oxygens (including phenoxy) is 1. The molecule has 0 saturated carbocycles. The van der Waals surface area contributed by atoms with Gasteiger partial charge in [-0.05, 0) is 48.6 Å². The molecule has 1 atom stereocenters. The Balaban J connectivity index is 1.65. The highest BCUT2D eigenvalue weighted by atomic mass is 16.5. The van der Waals surface area contributed by atoms with Gasteiger partial charge in [0.2, 0.25) is 0 Å². The van der Waals surface area contributed by atoms with Crippen LogP contribution in [0.1, 0.15) is 30.0 Å². The topological polar surface area (TPSA) is 57.2 Å². The van der Waals surface area contributed by atoms with Gasteiger partial charge in [-0.15, -0.1) is 0 Å². The second kappa shape index (κ2) is 6.14. The maximum absolute atomic E-state index is 11.6. The van der Waals surface area contributed by atoms with Crippen LogP contribution in [0.2, 0.25) is 0 Å². The molecule has 2 aromatic rings. The Morgan fingerprint density at radius 2 is 2.19 bits per heavy atom. The van der Waals surface area contributed by atoms with Crippen molar-refractivity contribution >= 4 is 0 Å². The van der Waals surface area contributed by atoms with Crippen molar-refractivity contribution in [2.24, 2.45) is 5.73 Å². The summed E-state index contributed by atoms with van der Waals surface area (Å²) < 4.78 is 7.41. The molecule has 4 nitrogen and oxygen atoms in total. The quantitative estimate of drug-likeness (QED) is 0.937. The molecule has 1 heterocycles. The standard InChI is InChI=1S/C17H20N2O2/c18-16-5-3-4-13-7-8-14(12-15(13)16)21-11-10-19-9-2-1-6-17(19)20/h1-2,6-9,12,16H,3-5,10-11,18H2/t16-/m0/s1. The van der Waals surface area contributed by atoms with E-state index in [1.807, 2.05) is 18.2 Å². The van der Waals surface area contributed by atoms with E-state index in [0.717, 1.165) is 25.0 Å². The Morgan fingerprint density at radius 3 is 3.05 bits per heavy atom. The number of fused-ring (bicyclic) bond motifs is 1. The first kappa shape index (κ1) is 13.9. The van der Waals surface area contributed by atoms with Crippen LogP contribution < -0.4 is 16.0 Å². The molecule has 4 heteroatoms. The summed E-state index contributed by atoms with van der Waals surface area (Å²) in [5, 5.41) is 0. The van der Waals surface area contributed by atoms with Crippen LogP contribution in [0, 0.1) is 0 Å². The van der Waals surface area contributed by atoms with Crippen molar-refractivity contribution in [1.29, 1.82) is 0 Å². The number of hydrogen-bond acceptors (Lipinski definition) is 3. The van der Waals surface area contributed by atoms with E-state index in [1.54, 1.807) is 22.9 Å². The van der Waals surface area contributed by atoms with Gasteiger partial charge in [-0.25, -0.2) is 0 Å². The SMILES string of the molecule is N[C@H]1CCCc2ccc(OCCn3ccccc3=O)cc21. The third-order valence-corrected chi connectivity index (χ3v) is 3.98. The Bertz CT molecular complexity index is 678. The highest BCUT2D eigenvalue weighted by molar-refractivity contribution is 5.39. The number of rotatable bonds is 4. The first-order chi connectivity index (χ1) is 10.2. The van der Waals surface area contributed by atoms with Gasteiger partial charge >= 0.3 is 0 Å². The van der Waals surface area contributed by atoms with E-state index in [0.29, 0.717) is 13.2 Å². The molecule has 3 rings (SSSR count). The lowest BCUT2D eigenvalue weighted by Crippen LogP contribution is -2.21. The van der Waals surface area contributed by atoms with Gasteiger partial charge in [0, 0.05) is 18.3 Å². The van der Waals surface area contributed by atoms with Gasteiger partial charge < -0.3 is 15.0 Å². The molecule has 0 bridgehead atoms. The van der Waals surface area contributed by atoms with E-state index in [-0.39, 0.29) is 11.6 Å². The largest absolute Gasteiger partial charge is 0.492 e. The molecule has 0 saturated heterocycles. The molecule has 1 aromatic heterocycles. The van der Waals surface area contributed by atoms with E-state index >= 15 is 0 Å². The first-order valence-corrected chi connectivity index (χ1v) is 7.41. The number of hydrogen-bond donors (Lipinski definition) is 1. The van der Waals surface area contributed by atoms with E-state index < -0.39 is 0 Å². The van der Waals surface area contributed by atoms with Crippen LogP contribution in [0.25, 0.3) is 0 Å². The van der Waals surface area contributed by atoms with Gasteiger partial charge in [0.15, 0.2) is 0 Å². The number of nitrogens with zero attached hydrogens (tertiary/aromatic N) is 1. The molecule has 110 valence electrons. The lowest BCUT2D eigenvalue weighted by molar-refractivity contribution is 0.295. The van der Waals surface area contributed by atoms with Crippen LogP contribution in [0.15, 0.2) is 47.4 Å². The normalized spacial score (nSPS) is 17.3. The van der Waals surface area contributed by atoms with E-state index in [2.05, 4.69) is 6.07 Å². The Kier molecular flexibility index (Phi) is 4.06. The number of benzene rings is 1. The second-order valence-electron chi connectivity index (χ2n) is 5.44. The zero-order valence-corrected chi connectivity index (χ0v) is 12.0. The third-order valence-electron chi connectivity index (χ3n) is 3.98. The molecule has 0 aliphatic heterocycles. The monoisotopic (exact) mass is 284 g/mol. The van der Waals surface area contributed by atoms with Crippen LogP contribution in [-0.2, 0) is 13.0 Å². The molecule has 1 aromatic carbocycles. The van der Waals surface area contributed by atoms with Crippen LogP contribution in [0.5, 0.6) is 5.75 Å². The first-order valence-electron chi connectivity index (χ1n) is 7.41. The van der Waals surface area contributed by atoms with Gasteiger partial charge in [0.05, 0.1) is 6.54 Å². The number of aromatic nitrogens is 1. The van der Waals surface area contributed by atoms with Gasteiger partial charge in [-0.1, -0.05) is 12.1 Å². The van der Waals surface area contributed by atoms with E-state index in [9.17, 15) is 4.79 Å². The summed E-state index contributed by atoms with van der Waals surface area (Å²) in [5.74, 6) is 0.829. The van der Waals surface area contributed by atoms with E-state index in [4.69, 9.17) is 10.5 Å². The molecule has 1 aliphatic rings. The molecule has 0 fully saturated rings. The maximum Gasteiger partial charge on any atom is 0.250 e. The number of nitrogens with two attached hydrogens (primary N) is 1. The lowest BCUT2D eigenvalue weighted by Gasteiger charge is -2.22. The lowest BCUT2D eigenvalue weighted by atomic mass is 9.88. The fourth-order valence-electron chi connectivity index (χ4n) is 2.81. The predicted octanol–water partition coefficient (Wildman–Crippen LogP) is 2.26. The summed E-state index contributed by atoms with van der Waals surface area (Å²) in [7, 11) is 0.